The van der Waals surface area contributed by atoms with Crippen molar-refractivity contribution in [1.29, 1.82) is 0 Å². The average Bonchev–Trinajstić information content (AvgIpc) is 3.43. The standard InChI is InChI=1S/C12H19N3.C8H13NO4.C3H5NS.CH5N/c1-10(14-2)11-4-6-12(7-5-11)15-9-3-8-13;10-5-6(11)7(12)8(13)9-3-1-2-4-9;1-3-2-4-5-3;1-2/h3-7,9-10,14-15H,8,13H2,1-2H3;5-7,11-12H,1-4H2;2,4H,1H3;2H2,1H3/b9-3-;;;/t10-;6-,7?;;/m10../s1. The molecule has 1 unspecified atom stereocenters. The summed E-state index contributed by atoms with van der Waals surface area (Å²) in [4.78, 5) is 24.2. The summed E-state index contributed by atoms with van der Waals surface area (Å²) in [6.07, 6.45) is 4.50. The number of benzene rings is 1. The maximum absolute atomic E-state index is 11.3. The number of aldehydes is 1. The predicted molar refractivity (Wildman–Crippen MR) is 143 cm³/mol. The van der Waals surface area contributed by atoms with Gasteiger partial charge in [0.2, 0.25) is 0 Å². The number of nitrogens with zero attached hydrogens (tertiary/aromatic N) is 1. The summed E-state index contributed by atoms with van der Waals surface area (Å²) < 4.78 is 2.92. The summed E-state index contributed by atoms with van der Waals surface area (Å²) in [6.45, 7) is 5.96. The van der Waals surface area contributed by atoms with E-state index < -0.39 is 18.1 Å². The lowest BCUT2D eigenvalue weighted by Gasteiger charge is -2.20. The van der Waals surface area contributed by atoms with Crippen LogP contribution in [0.1, 0.15) is 36.2 Å². The zero-order valence-corrected chi connectivity index (χ0v) is 21.9. The van der Waals surface area contributed by atoms with Crippen LogP contribution in [0.4, 0.5) is 5.69 Å². The van der Waals surface area contributed by atoms with E-state index in [4.69, 9.17) is 10.8 Å². The van der Waals surface area contributed by atoms with Gasteiger partial charge in [-0.1, -0.05) is 29.7 Å². The number of nitrogens with two attached hydrogens (primary N) is 2. The fourth-order valence-electron chi connectivity index (χ4n) is 2.78. The van der Waals surface area contributed by atoms with Crippen molar-refractivity contribution in [3.8, 4) is 0 Å². The lowest BCUT2D eigenvalue weighted by Crippen LogP contribution is -2.44. The van der Waals surface area contributed by atoms with Crippen LogP contribution in [-0.2, 0) is 9.59 Å². The Morgan fingerprint density at radius 3 is 2.17 bits per heavy atom. The molecule has 1 amide bonds. The van der Waals surface area contributed by atoms with Gasteiger partial charge >= 0.3 is 0 Å². The van der Waals surface area contributed by atoms with Gasteiger partial charge < -0.3 is 46.4 Å². The van der Waals surface area contributed by atoms with Crippen molar-refractivity contribution < 1.29 is 19.8 Å². The van der Waals surface area contributed by atoms with Crippen LogP contribution in [0.5, 0.6) is 0 Å². The summed E-state index contributed by atoms with van der Waals surface area (Å²) in [6, 6.07) is 8.73. The Bertz CT molecular complexity index is 809. The number of hydrogen-bond acceptors (Lipinski definition) is 9. The summed E-state index contributed by atoms with van der Waals surface area (Å²) in [7, 11) is 3.46. The second-order valence-electron chi connectivity index (χ2n) is 7.49. The smallest absolute Gasteiger partial charge is 0.254 e. The highest BCUT2D eigenvalue weighted by Gasteiger charge is 2.29. The molecule has 1 fully saturated rings. The van der Waals surface area contributed by atoms with E-state index in [-0.39, 0.29) is 6.29 Å². The molecule has 0 radical (unpaired) electrons. The second kappa shape index (κ2) is 19.7. The Labute approximate surface area is 212 Å². The van der Waals surface area contributed by atoms with E-state index in [0.717, 1.165) is 18.5 Å². The molecule has 1 aromatic heterocycles. The summed E-state index contributed by atoms with van der Waals surface area (Å²) in [5.41, 5.74) is 12.2. The number of rotatable bonds is 8. The number of carbonyl (C=O) groups excluding carboxylic acids is 2. The summed E-state index contributed by atoms with van der Waals surface area (Å²) in [5.74, 6) is -0.558. The van der Waals surface area contributed by atoms with E-state index in [2.05, 4.69) is 58.9 Å². The Balaban J connectivity index is 0.000000523. The number of aromatic nitrogens is 1. The molecule has 0 aliphatic carbocycles. The van der Waals surface area contributed by atoms with Gasteiger partial charge in [0.05, 0.1) is 0 Å². The van der Waals surface area contributed by atoms with Crippen LogP contribution in [0.15, 0.2) is 42.7 Å². The van der Waals surface area contributed by atoms with Crippen molar-refractivity contribution in [2.45, 2.75) is 44.9 Å². The first-order chi connectivity index (χ1) is 16.8. The van der Waals surface area contributed by atoms with Gasteiger partial charge in [-0.2, -0.15) is 0 Å². The first-order valence-electron chi connectivity index (χ1n) is 11.5. The van der Waals surface area contributed by atoms with Gasteiger partial charge in [-0.05, 0) is 64.7 Å². The molecule has 9 N–H and O–H groups in total. The maximum Gasteiger partial charge on any atom is 0.254 e. The molecule has 3 atom stereocenters. The van der Waals surface area contributed by atoms with Gasteiger partial charge in [0.1, 0.15) is 6.10 Å². The van der Waals surface area contributed by atoms with Crippen molar-refractivity contribution in [3.05, 3.63) is 53.2 Å². The molecule has 10 nitrogen and oxygen atoms in total. The van der Waals surface area contributed by atoms with Gasteiger partial charge in [-0.25, -0.2) is 0 Å². The second-order valence-corrected chi connectivity index (χ2v) is 8.58. The minimum Gasteiger partial charge on any atom is -0.382 e. The molecule has 2 aromatic rings. The van der Waals surface area contributed by atoms with Crippen molar-refractivity contribution >= 4 is 29.4 Å². The van der Waals surface area contributed by atoms with Crippen LogP contribution in [0.25, 0.3) is 0 Å². The number of aryl methyl sites for hydroxylation is 1. The number of anilines is 1. The number of nitrogens with one attached hydrogen (secondary N) is 3. The first kappa shape index (κ1) is 32.5. The van der Waals surface area contributed by atoms with E-state index in [1.807, 2.05) is 25.5 Å². The third kappa shape index (κ3) is 13.2. The number of aliphatic hydroxyl groups excluding tert-OH is 2. The van der Waals surface area contributed by atoms with E-state index in [9.17, 15) is 14.7 Å². The Morgan fingerprint density at radius 2 is 1.77 bits per heavy atom. The van der Waals surface area contributed by atoms with E-state index >= 15 is 0 Å². The molecule has 11 heteroatoms. The third-order valence-electron chi connectivity index (χ3n) is 4.96. The minimum absolute atomic E-state index is 0.165. The van der Waals surface area contributed by atoms with Gasteiger partial charge in [0, 0.05) is 42.4 Å². The van der Waals surface area contributed by atoms with Gasteiger partial charge in [0.15, 0.2) is 12.4 Å². The molecule has 0 bridgehead atoms. The zero-order chi connectivity index (χ0) is 26.6. The molecule has 1 aliphatic rings. The van der Waals surface area contributed by atoms with Gasteiger partial charge in [-0.15, -0.1) is 0 Å². The van der Waals surface area contributed by atoms with Crippen LogP contribution in [-0.4, -0.2) is 77.6 Å². The number of amides is 1. The van der Waals surface area contributed by atoms with Crippen molar-refractivity contribution in [2.75, 3.05) is 39.0 Å². The highest BCUT2D eigenvalue weighted by Crippen LogP contribution is 2.15. The van der Waals surface area contributed by atoms with Gasteiger partial charge in [0.25, 0.3) is 5.91 Å². The lowest BCUT2D eigenvalue weighted by molar-refractivity contribution is -0.147. The van der Waals surface area contributed by atoms with Crippen LogP contribution in [0, 0.1) is 6.92 Å². The summed E-state index contributed by atoms with van der Waals surface area (Å²) >= 11 is 1.67. The first-order valence-corrected chi connectivity index (χ1v) is 12.3. The molecule has 198 valence electrons. The van der Waals surface area contributed by atoms with Crippen molar-refractivity contribution in [1.82, 2.24) is 14.6 Å². The predicted octanol–water partition coefficient (Wildman–Crippen LogP) is 1.34. The van der Waals surface area contributed by atoms with E-state index in [0.29, 0.717) is 25.7 Å². The molecule has 0 spiro atoms. The minimum atomic E-state index is -1.60. The van der Waals surface area contributed by atoms with E-state index in [1.165, 1.54) is 22.4 Å². The van der Waals surface area contributed by atoms with Crippen molar-refractivity contribution in [3.63, 3.8) is 0 Å². The molecule has 2 heterocycles. The molecular formula is C24H42N6O4S. The Kier molecular flexibility index (Phi) is 18.3. The normalized spacial score (nSPS) is 14.9. The van der Waals surface area contributed by atoms with Crippen LogP contribution in [0.3, 0.4) is 0 Å². The number of aliphatic hydroxyl groups is 2. The number of aromatic amines is 1. The number of likely N-dealkylation sites (tertiary alicyclic amines) is 1. The fourth-order valence-corrected chi connectivity index (χ4v) is 3.13. The van der Waals surface area contributed by atoms with E-state index in [1.54, 1.807) is 11.5 Å². The molecular weight excluding hydrogens is 468 g/mol. The molecule has 1 saturated heterocycles. The largest absolute Gasteiger partial charge is 0.382 e. The highest BCUT2D eigenvalue weighted by atomic mass is 32.1. The van der Waals surface area contributed by atoms with Crippen LogP contribution < -0.4 is 22.1 Å². The van der Waals surface area contributed by atoms with Crippen molar-refractivity contribution in [2.24, 2.45) is 11.5 Å². The Morgan fingerprint density at radius 1 is 1.23 bits per heavy atom. The Hall–Kier alpha value is -2.54. The highest BCUT2D eigenvalue weighted by molar-refractivity contribution is 7.06. The fraction of sp³-hybridized carbons (Fsp3) is 0.500. The molecule has 1 aliphatic heterocycles. The maximum atomic E-state index is 11.3. The SMILES string of the molecule is CN.CN[C@H](C)c1ccc(N/C=C\CN)cc1.Cc1c[nH]s1.O=C[C@H](O)C(O)C(=O)N1CCCC1. The van der Waals surface area contributed by atoms with Crippen LogP contribution >= 0.6 is 11.5 Å². The average molecular weight is 511 g/mol. The monoisotopic (exact) mass is 510 g/mol. The molecule has 1 aromatic carbocycles. The zero-order valence-electron chi connectivity index (χ0n) is 21.1. The quantitative estimate of drug-likeness (QED) is 0.261. The molecule has 35 heavy (non-hydrogen) atoms. The number of hydrogen-bond donors (Lipinski definition) is 7. The van der Waals surface area contributed by atoms with Crippen LogP contribution in [0.2, 0.25) is 0 Å². The van der Waals surface area contributed by atoms with Gasteiger partial charge in [-0.3, -0.25) is 4.79 Å². The summed E-state index contributed by atoms with van der Waals surface area (Å²) in [5, 5.41) is 24.4. The number of carbonyl (C=O) groups is 2. The molecule has 3 rings (SSSR count). The lowest BCUT2D eigenvalue weighted by atomic mass is 10.1. The molecule has 0 saturated carbocycles. The third-order valence-corrected chi connectivity index (χ3v) is 5.64. The topological polar surface area (TPSA) is 170 Å². The number of H-pyrrole nitrogens is 1.